The first-order valence-corrected chi connectivity index (χ1v) is 6.12. The second-order valence-electron chi connectivity index (χ2n) is 4.11. The van der Waals surface area contributed by atoms with Crippen LogP contribution in [-0.2, 0) is 0 Å². The molecule has 0 aliphatic carbocycles. The summed E-state index contributed by atoms with van der Waals surface area (Å²) < 4.78 is 28.4. The van der Waals surface area contributed by atoms with Crippen molar-refractivity contribution in [3.63, 3.8) is 0 Å². The molecule has 0 aromatic heterocycles. The molecule has 2 nitrogen and oxygen atoms in total. The van der Waals surface area contributed by atoms with E-state index in [1.807, 2.05) is 30.3 Å². The lowest BCUT2D eigenvalue weighted by Crippen LogP contribution is -2.01. The number of aliphatic hydroxyl groups excluding tert-OH is 1. The Morgan fingerprint density at radius 2 is 1.50 bits per heavy atom. The molecule has 2 aromatic carbocycles. The molecule has 0 saturated carbocycles. The topological polar surface area (TPSA) is 29.5 Å². The van der Waals surface area contributed by atoms with E-state index in [9.17, 15) is 8.78 Å². The summed E-state index contributed by atoms with van der Waals surface area (Å²) in [6.07, 6.45) is 3.48. The third-order valence-corrected chi connectivity index (χ3v) is 2.74. The van der Waals surface area contributed by atoms with Crippen LogP contribution < -0.4 is 4.74 Å². The van der Waals surface area contributed by atoms with Gasteiger partial charge in [-0.25, -0.2) is 0 Å². The van der Waals surface area contributed by atoms with Gasteiger partial charge in [0.25, 0.3) is 0 Å². The minimum atomic E-state index is -2.81. The van der Waals surface area contributed by atoms with Gasteiger partial charge in [-0.15, -0.1) is 0 Å². The van der Waals surface area contributed by atoms with E-state index < -0.39 is 6.61 Å². The summed E-state index contributed by atoms with van der Waals surface area (Å²) in [6, 6.07) is 14.2. The Morgan fingerprint density at radius 1 is 0.950 bits per heavy atom. The fraction of sp³-hybridized carbons (Fsp3) is 0.125. The van der Waals surface area contributed by atoms with E-state index in [1.54, 1.807) is 18.2 Å². The Kier molecular flexibility index (Phi) is 4.85. The molecule has 104 valence electrons. The zero-order valence-electron chi connectivity index (χ0n) is 10.7. The fourth-order valence-electron chi connectivity index (χ4n) is 1.80. The van der Waals surface area contributed by atoms with Gasteiger partial charge in [-0.05, 0) is 28.8 Å². The van der Waals surface area contributed by atoms with Crippen LogP contribution in [0.5, 0.6) is 5.75 Å². The number of rotatable bonds is 5. The van der Waals surface area contributed by atoms with Gasteiger partial charge in [0.2, 0.25) is 0 Å². The molecule has 0 aliphatic rings. The highest BCUT2D eigenvalue weighted by Gasteiger charge is 2.04. The van der Waals surface area contributed by atoms with Crippen LogP contribution in [0.2, 0.25) is 0 Å². The monoisotopic (exact) mass is 276 g/mol. The summed E-state index contributed by atoms with van der Waals surface area (Å²) in [7, 11) is 0. The average Bonchev–Trinajstić information content (AvgIpc) is 2.46. The van der Waals surface area contributed by atoms with Crippen LogP contribution in [0.15, 0.2) is 54.6 Å². The largest absolute Gasteiger partial charge is 0.435 e. The Hall–Kier alpha value is -2.20. The third kappa shape index (κ3) is 3.90. The molecule has 0 amide bonds. The zero-order valence-corrected chi connectivity index (χ0v) is 10.7. The van der Waals surface area contributed by atoms with Crippen LogP contribution in [-0.4, -0.2) is 18.3 Å². The van der Waals surface area contributed by atoms with Crippen molar-refractivity contribution < 1.29 is 18.6 Å². The van der Waals surface area contributed by atoms with Crippen molar-refractivity contribution in [3.05, 3.63) is 60.2 Å². The van der Waals surface area contributed by atoms with Gasteiger partial charge in [0.05, 0.1) is 6.61 Å². The lowest BCUT2D eigenvalue weighted by Gasteiger charge is -2.06. The number of halogens is 2. The van der Waals surface area contributed by atoms with E-state index in [0.29, 0.717) is 0 Å². The quantitative estimate of drug-likeness (QED) is 0.895. The second kappa shape index (κ2) is 6.82. The van der Waals surface area contributed by atoms with Gasteiger partial charge < -0.3 is 9.84 Å². The first-order chi connectivity index (χ1) is 9.69. The smallest absolute Gasteiger partial charge is 0.387 e. The maximum Gasteiger partial charge on any atom is 0.387 e. The normalized spacial score (nSPS) is 11.2. The van der Waals surface area contributed by atoms with Crippen LogP contribution in [0.3, 0.4) is 0 Å². The molecule has 0 spiro atoms. The van der Waals surface area contributed by atoms with Gasteiger partial charge in [-0.1, -0.05) is 48.6 Å². The Balaban J connectivity index is 2.13. The minimum Gasteiger partial charge on any atom is -0.435 e. The van der Waals surface area contributed by atoms with Crippen LogP contribution in [0.1, 0.15) is 5.56 Å². The van der Waals surface area contributed by atoms with Crippen molar-refractivity contribution in [1.29, 1.82) is 0 Å². The number of aliphatic hydroxyl groups is 1. The summed E-state index contributed by atoms with van der Waals surface area (Å²) in [4.78, 5) is 0. The van der Waals surface area contributed by atoms with Crippen molar-refractivity contribution in [2.75, 3.05) is 6.61 Å². The standard InChI is InChI=1S/C16H14F2O2/c17-16(18)20-15-9-7-14(8-10-15)13-5-3-12(4-6-13)2-1-11-19/h1-10,16,19H,11H2/b2-1+. The number of hydrogen-bond acceptors (Lipinski definition) is 2. The van der Waals surface area contributed by atoms with E-state index in [2.05, 4.69) is 4.74 Å². The Bertz CT molecular complexity index is 560. The van der Waals surface area contributed by atoms with Crippen LogP contribution >= 0.6 is 0 Å². The van der Waals surface area contributed by atoms with E-state index in [4.69, 9.17) is 5.11 Å². The molecule has 2 rings (SSSR count). The predicted octanol–water partition coefficient (Wildman–Crippen LogP) is 3.96. The van der Waals surface area contributed by atoms with Gasteiger partial charge in [0.15, 0.2) is 0 Å². The Labute approximate surface area is 115 Å². The molecular formula is C16H14F2O2. The molecule has 0 radical (unpaired) electrons. The summed E-state index contributed by atoms with van der Waals surface area (Å²) in [5.74, 6) is 0.145. The first kappa shape index (κ1) is 14.2. The fourth-order valence-corrected chi connectivity index (χ4v) is 1.80. The molecule has 1 N–H and O–H groups in total. The summed E-state index contributed by atoms with van der Waals surface area (Å²) in [5.41, 5.74) is 2.89. The molecule has 0 bridgehead atoms. The molecule has 4 heteroatoms. The molecule has 0 fully saturated rings. The van der Waals surface area contributed by atoms with E-state index in [-0.39, 0.29) is 12.4 Å². The molecular weight excluding hydrogens is 262 g/mol. The number of benzene rings is 2. The van der Waals surface area contributed by atoms with Crippen molar-refractivity contribution in [2.45, 2.75) is 6.61 Å². The summed E-state index contributed by atoms with van der Waals surface area (Å²) >= 11 is 0. The van der Waals surface area contributed by atoms with Crippen molar-refractivity contribution in [1.82, 2.24) is 0 Å². The number of alkyl halides is 2. The highest BCUT2D eigenvalue weighted by atomic mass is 19.3. The van der Waals surface area contributed by atoms with Gasteiger partial charge >= 0.3 is 6.61 Å². The van der Waals surface area contributed by atoms with Gasteiger partial charge in [0.1, 0.15) is 5.75 Å². The lowest BCUT2D eigenvalue weighted by atomic mass is 10.0. The van der Waals surface area contributed by atoms with Gasteiger partial charge in [-0.3, -0.25) is 0 Å². The Morgan fingerprint density at radius 3 is 2.00 bits per heavy atom. The summed E-state index contributed by atoms with van der Waals surface area (Å²) in [6.45, 7) is -2.80. The van der Waals surface area contributed by atoms with Gasteiger partial charge in [0, 0.05) is 0 Å². The SMILES string of the molecule is OC/C=C/c1ccc(-c2ccc(OC(F)F)cc2)cc1. The molecule has 0 atom stereocenters. The highest BCUT2D eigenvalue weighted by Crippen LogP contribution is 2.23. The zero-order chi connectivity index (χ0) is 14.4. The van der Waals surface area contributed by atoms with Crippen LogP contribution in [0.25, 0.3) is 17.2 Å². The van der Waals surface area contributed by atoms with Crippen LogP contribution in [0.4, 0.5) is 8.78 Å². The van der Waals surface area contributed by atoms with Crippen molar-refractivity contribution in [3.8, 4) is 16.9 Å². The van der Waals surface area contributed by atoms with Crippen LogP contribution in [0, 0.1) is 0 Å². The minimum absolute atomic E-state index is 0.00729. The predicted molar refractivity (Wildman–Crippen MR) is 74.6 cm³/mol. The molecule has 0 unspecified atom stereocenters. The molecule has 0 saturated heterocycles. The molecule has 0 heterocycles. The second-order valence-corrected chi connectivity index (χ2v) is 4.11. The summed E-state index contributed by atoms with van der Waals surface area (Å²) in [5, 5.41) is 8.70. The highest BCUT2D eigenvalue weighted by molar-refractivity contribution is 5.66. The third-order valence-electron chi connectivity index (χ3n) is 2.74. The number of ether oxygens (including phenoxy) is 1. The molecule has 0 aliphatic heterocycles. The molecule has 2 aromatic rings. The lowest BCUT2D eigenvalue weighted by molar-refractivity contribution is -0.0498. The van der Waals surface area contributed by atoms with E-state index >= 15 is 0 Å². The van der Waals surface area contributed by atoms with E-state index in [0.717, 1.165) is 16.7 Å². The maximum absolute atomic E-state index is 12.0. The van der Waals surface area contributed by atoms with Gasteiger partial charge in [-0.2, -0.15) is 8.78 Å². The first-order valence-electron chi connectivity index (χ1n) is 6.12. The molecule has 20 heavy (non-hydrogen) atoms. The average molecular weight is 276 g/mol. The van der Waals surface area contributed by atoms with E-state index in [1.165, 1.54) is 12.1 Å². The maximum atomic E-state index is 12.0. The van der Waals surface area contributed by atoms with Crippen molar-refractivity contribution in [2.24, 2.45) is 0 Å². The number of hydrogen-bond donors (Lipinski definition) is 1. The van der Waals surface area contributed by atoms with Crippen molar-refractivity contribution >= 4 is 6.08 Å².